The molecule has 0 saturated heterocycles. The second-order valence-electron chi connectivity index (χ2n) is 2.39. The predicted octanol–water partition coefficient (Wildman–Crippen LogP) is 3.97. The quantitative estimate of drug-likeness (QED) is 0.709. The van der Waals surface area contributed by atoms with E-state index in [0.717, 1.165) is 12.1 Å². The van der Waals surface area contributed by atoms with E-state index < -0.39 is 0 Å². The van der Waals surface area contributed by atoms with E-state index in [1.807, 2.05) is 6.07 Å². The Morgan fingerprint density at radius 3 is 2.83 bits per heavy atom. The van der Waals surface area contributed by atoms with Gasteiger partial charge in [0, 0.05) is 4.70 Å². The molecule has 0 spiro atoms. The third-order valence-electron chi connectivity index (χ3n) is 1.56. The molecule has 0 aliphatic rings. The molecule has 0 amide bonds. The van der Waals surface area contributed by atoms with E-state index >= 15 is 0 Å². The van der Waals surface area contributed by atoms with Crippen molar-refractivity contribution in [2.45, 2.75) is 0 Å². The smallest absolute Gasteiger partial charge is 0.130 e. The molecule has 0 bridgehead atoms. The number of phenols is 1. The average molecular weight is 355 g/mol. The summed E-state index contributed by atoms with van der Waals surface area (Å²) >= 11 is 7.16. The predicted molar refractivity (Wildman–Crippen MR) is 63.9 cm³/mol. The van der Waals surface area contributed by atoms with Crippen LogP contribution in [0.1, 0.15) is 0 Å². The van der Waals surface area contributed by atoms with Crippen LogP contribution in [0, 0.1) is 3.57 Å². The molecule has 62 valence electrons. The molecule has 12 heavy (non-hydrogen) atoms. The van der Waals surface area contributed by atoms with Crippen molar-refractivity contribution in [1.82, 2.24) is 0 Å². The Labute approximate surface area is 95.7 Å². The number of thiophene rings is 1. The first kappa shape index (κ1) is 8.77. The van der Waals surface area contributed by atoms with E-state index in [4.69, 9.17) is 0 Å². The van der Waals surface area contributed by atoms with Crippen LogP contribution in [0.2, 0.25) is 0 Å². The first-order valence-corrected chi connectivity index (χ1v) is 5.93. The summed E-state index contributed by atoms with van der Waals surface area (Å²) in [6, 6.07) is 5.83. The van der Waals surface area contributed by atoms with Crippen molar-refractivity contribution >= 4 is 59.9 Å². The Bertz CT molecular complexity index is 399. The first-order chi connectivity index (χ1) is 5.66. The summed E-state index contributed by atoms with van der Waals surface area (Å²) in [6.07, 6.45) is 0. The van der Waals surface area contributed by atoms with Gasteiger partial charge in [0.05, 0.1) is 7.36 Å². The monoisotopic (exact) mass is 354 g/mol. The van der Waals surface area contributed by atoms with Crippen molar-refractivity contribution in [1.29, 1.82) is 0 Å². The van der Waals surface area contributed by atoms with Crippen molar-refractivity contribution in [2.75, 3.05) is 0 Å². The lowest BCUT2D eigenvalue weighted by Gasteiger charge is -1.95. The lowest BCUT2D eigenvalue weighted by molar-refractivity contribution is 0.472. The fourth-order valence-corrected chi connectivity index (χ4v) is 3.08. The van der Waals surface area contributed by atoms with Crippen LogP contribution in [-0.2, 0) is 0 Å². The third kappa shape index (κ3) is 1.47. The lowest BCUT2D eigenvalue weighted by Crippen LogP contribution is -1.71. The molecule has 0 aliphatic heterocycles. The van der Waals surface area contributed by atoms with Crippen LogP contribution >= 0.6 is 49.9 Å². The van der Waals surface area contributed by atoms with Gasteiger partial charge in [-0.25, -0.2) is 0 Å². The van der Waals surface area contributed by atoms with Gasteiger partial charge in [0.2, 0.25) is 0 Å². The molecule has 0 saturated carbocycles. The highest BCUT2D eigenvalue weighted by molar-refractivity contribution is 14.1. The summed E-state index contributed by atoms with van der Waals surface area (Å²) < 4.78 is 3.10. The number of fused-ring (bicyclic) bond motifs is 1. The summed E-state index contributed by atoms with van der Waals surface area (Å²) in [6.45, 7) is 0. The minimum Gasteiger partial charge on any atom is -0.507 e. The Morgan fingerprint density at radius 2 is 2.08 bits per heavy atom. The summed E-state index contributed by atoms with van der Waals surface area (Å²) in [5.74, 6) is 0.359. The minimum absolute atomic E-state index is 0.359. The van der Waals surface area contributed by atoms with Crippen molar-refractivity contribution < 1.29 is 5.11 Å². The number of hydrogen-bond acceptors (Lipinski definition) is 2. The van der Waals surface area contributed by atoms with Gasteiger partial charge < -0.3 is 5.11 Å². The summed E-state index contributed by atoms with van der Waals surface area (Å²) in [4.78, 5) is 0. The van der Waals surface area contributed by atoms with Crippen LogP contribution in [0.15, 0.2) is 22.0 Å². The normalized spacial score (nSPS) is 10.8. The Hall–Kier alpha value is 0.190. The van der Waals surface area contributed by atoms with Gasteiger partial charge in [-0.1, -0.05) is 0 Å². The van der Waals surface area contributed by atoms with Gasteiger partial charge in [-0.2, -0.15) is 0 Å². The van der Waals surface area contributed by atoms with E-state index in [1.54, 1.807) is 17.4 Å². The standard InChI is InChI=1S/C8H4BrIOS/c9-8-2-4-1-5(10)6(11)3-7(4)12-8/h1-3,11H. The topological polar surface area (TPSA) is 20.2 Å². The van der Waals surface area contributed by atoms with E-state index in [2.05, 4.69) is 44.6 Å². The highest BCUT2D eigenvalue weighted by Gasteiger charge is 2.03. The SMILES string of the molecule is Oc1cc2sc(Br)cc2cc1I. The molecular weight excluding hydrogens is 351 g/mol. The number of hydrogen-bond donors (Lipinski definition) is 1. The summed E-state index contributed by atoms with van der Waals surface area (Å²) in [5, 5.41) is 10.6. The highest BCUT2D eigenvalue weighted by Crippen LogP contribution is 2.34. The number of aromatic hydroxyl groups is 1. The fraction of sp³-hybridized carbons (Fsp3) is 0. The Balaban J connectivity index is 2.83. The van der Waals surface area contributed by atoms with Gasteiger partial charge in [-0.3, -0.25) is 0 Å². The molecule has 1 nitrogen and oxygen atoms in total. The van der Waals surface area contributed by atoms with Crippen molar-refractivity contribution in [2.24, 2.45) is 0 Å². The van der Waals surface area contributed by atoms with E-state index in [0.29, 0.717) is 5.75 Å². The third-order valence-corrected chi connectivity index (χ3v) is 4.02. The maximum atomic E-state index is 9.41. The average Bonchev–Trinajstić information content (AvgIpc) is 2.30. The second-order valence-corrected chi connectivity index (χ2v) is 6.02. The first-order valence-electron chi connectivity index (χ1n) is 3.24. The van der Waals surface area contributed by atoms with Gasteiger partial charge in [-0.05, 0) is 62.1 Å². The molecule has 0 atom stereocenters. The molecule has 0 fully saturated rings. The van der Waals surface area contributed by atoms with Gasteiger partial charge in [-0.15, -0.1) is 11.3 Å². The van der Waals surface area contributed by atoms with Gasteiger partial charge in [0.15, 0.2) is 0 Å². The molecule has 1 aromatic carbocycles. The highest BCUT2D eigenvalue weighted by atomic mass is 127. The molecular formula is C8H4BrIOS. The van der Waals surface area contributed by atoms with Crippen LogP contribution in [0.3, 0.4) is 0 Å². The number of rotatable bonds is 0. The van der Waals surface area contributed by atoms with Crippen molar-refractivity contribution in [3.8, 4) is 5.75 Å². The summed E-state index contributed by atoms with van der Waals surface area (Å²) in [5.41, 5.74) is 0. The van der Waals surface area contributed by atoms with Gasteiger partial charge >= 0.3 is 0 Å². The molecule has 4 heteroatoms. The molecule has 1 aromatic heterocycles. The summed E-state index contributed by atoms with van der Waals surface area (Å²) in [7, 11) is 0. The number of phenolic OH excluding ortho intramolecular Hbond substituents is 1. The maximum absolute atomic E-state index is 9.41. The molecule has 2 rings (SSSR count). The van der Waals surface area contributed by atoms with Gasteiger partial charge in [0.25, 0.3) is 0 Å². The number of benzene rings is 1. The van der Waals surface area contributed by atoms with E-state index in [1.165, 1.54) is 5.39 Å². The number of halogens is 2. The van der Waals surface area contributed by atoms with Crippen LogP contribution in [0.5, 0.6) is 5.75 Å². The zero-order valence-electron chi connectivity index (χ0n) is 5.84. The van der Waals surface area contributed by atoms with Crippen molar-refractivity contribution in [3.63, 3.8) is 0 Å². The molecule has 1 heterocycles. The zero-order chi connectivity index (χ0) is 8.72. The largest absolute Gasteiger partial charge is 0.507 e. The van der Waals surface area contributed by atoms with Crippen molar-refractivity contribution in [3.05, 3.63) is 25.6 Å². The fourth-order valence-electron chi connectivity index (χ4n) is 1.02. The van der Waals surface area contributed by atoms with E-state index in [-0.39, 0.29) is 0 Å². The maximum Gasteiger partial charge on any atom is 0.130 e. The zero-order valence-corrected chi connectivity index (χ0v) is 10.4. The minimum atomic E-state index is 0.359. The van der Waals surface area contributed by atoms with Crippen LogP contribution in [-0.4, -0.2) is 5.11 Å². The molecule has 0 radical (unpaired) electrons. The van der Waals surface area contributed by atoms with Crippen LogP contribution in [0.25, 0.3) is 10.1 Å². The Morgan fingerprint density at radius 1 is 1.33 bits per heavy atom. The lowest BCUT2D eigenvalue weighted by atomic mass is 10.2. The molecule has 1 N–H and O–H groups in total. The molecule has 2 aromatic rings. The van der Waals surface area contributed by atoms with Crippen LogP contribution in [0.4, 0.5) is 0 Å². The van der Waals surface area contributed by atoms with Gasteiger partial charge in [0.1, 0.15) is 5.75 Å². The Kier molecular flexibility index (Phi) is 2.31. The van der Waals surface area contributed by atoms with E-state index in [9.17, 15) is 5.11 Å². The molecule has 0 unspecified atom stereocenters. The second kappa shape index (κ2) is 3.16. The molecule has 0 aliphatic carbocycles. The van der Waals surface area contributed by atoms with Crippen LogP contribution < -0.4 is 0 Å².